The molecule has 0 spiro atoms. The molecule has 0 unspecified atom stereocenters. The monoisotopic (exact) mass is 431 g/mol. The van der Waals surface area contributed by atoms with E-state index in [1.165, 1.54) is 0 Å². The van der Waals surface area contributed by atoms with Gasteiger partial charge in [-0.2, -0.15) is 0 Å². The minimum atomic E-state index is -0.833. The molecule has 31 heavy (non-hydrogen) atoms. The number of carbonyl (C=O) groups excluding carboxylic acids is 2. The summed E-state index contributed by atoms with van der Waals surface area (Å²) in [5, 5.41) is 10.9. The summed E-state index contributed by atoms with van der Waals surface area (Å²) in [7, 11) is 1.66. The number of methoxy groups -OCH3 is 1. The van der Waals surface area contributed by atoms with Crippen LogP contribution in [0.4, 0.5) is 0 Å². The predicted octanol–water partition coefficient (Wildman–Crippen LogP) is 1.91. The van der Waals surface area contributed by atoms with Gasteiger partial charge in [0.15, 0.2) is 0 Å². The second-order valence-corrected chi connectivity index (χ2v) is 8.49. The lowest BCUT2D eigenvalue weighted by Gasteiger charge is -2.31. The summed E-state index contributed by atoms with van der Waals surface area (Å²) in [5.41, 5.74) is 1.16. The fourth-order valence-electron chi connectivity index (χ4n) is 4.87. The fourth-order valence-corrected chi connectivity index (χ4v) is 4.87. The molecule has 8 nitrogen and oxygen atoms in total. The highest BCUT2D eigenvalue weighted by Crippen LogP contribution is 2.43. The van der Waals surface area contributed by atoms with E-state index in [4.69, 9.17) is 14.6 Å². The molecule has 3 aliphatic heterocycles. The zero-order valence-corrected chi connectivity index (χ0v) is 18.4. The summed E-state index contributed by atoms with van der Waals surface area (Å²) in [6.07, 6.45) is 3.59. The van der Waals surface area contributed by atoms with Gasteiger partial charge in [-0.1, -0.05) is 18.6 Å². The van der Waals surface area contributed by atoms with Crippen molar-refractivity contribution in [3.05, 3.63) is 29.8 Å². The lowest BCUT2D eigenvalue weighted by molar-refractivity contribution is -0.141. The third-order valence-electron chi connectivity index (χ3n) is 6.34. The summed E-state index contributed by atoms with van der Waals surface area (Å²) >= 11 is 0. The Morgan fingerprint density at radius 1 is 1.16 bits per heavy atom. The van der Waals surface area contributed by atoms with Crippen molar-refractivity contribution < 1.29 is 24.2 Å². The first-order valence-electron chi connectivity index (χ1n) is 11.0. The maximum Gasteiger partial charge on any atom is 0.300 e. The van der Waals surface area contributed by atoms with Crippen LogP contribution in [0.2, 0.25) is 0 Å². The second-order valence-electron chi connectivity index (χ2n) is 8.49. The van der Waals surface area contributed by atoms with Crippen LogP contribution in [0, 0.1) is 11.8 Å². The van der Waals surface area contributed by atoms with Crippen LogP contribution in [0.3, 0.4) is 0 Å². The lowest BCUT2D eigenvalue weighted by atomic mass is 9.89. The minimum Gasteiger partial charge on any atom is -0.497 e. The topological polar surface area (TPSA) is 99.2 Å². The first kappa shape index (κ1) is 23.1. The minimum absolute atomic E-state index is 0.0745. The number of hydrogen-bond donors (Lipinski definition) is 2. The van der Waals surface area contributed by atoms with Gasteiger partial charge < -0.3 is 25.0 Å². The number of benzene rings is 1. The van der Waals surface area contributed by atoms with Gasteiger partial charge in [0.05, 0.1) is 19.7 Å². The van der Waals surface area contributed by atoms with Gasteiger partial charge in [-0.3, -0.25) is 14.4 Å². The van der Waals surface area contributed by atoms with E-state index >= 15 is 0 Å². The molecule has 3 aliphatic rings. The number of rotatable bonds is 4. The standard InChI is InChI=1S/C21H29N3O3.C2H4O2/c1-27-17-8-6-15(7-9-17)21-18-12-22-11-16(18)13-24(21)20(26)14-23-10-4-2-3-5-19(23)25;1-2(3)4/h6-9,16,18,21-22H,2-5,10-14H2,1H3;1H3,(H,3,4)/t16-,18-,21+;/m0./s1. The van der Waals surface area contributed by atoms with Crippen molar-refractivity contribution in [3.8, 4) is 5.75 Å². The molecule has 3 saturated heterocycles. The summed E-state index contributed by atoms with van der Waals surface area (Å²) < 4.78 is 5.28. The highest BCUT2D eigenvalue weighted by atomic mass is 16.5. The van der Waals surface area contributed by atoms with Crippen LogP contribution in [0.1, 0.15) is 44.2 Å². The number of fused-ring (bicyclic) bond motifs is 1. The molecule has 2 N–H and O–H groups in total. The number of amides is 2. The van der Waals surface area contributed by atoms with Crippen molar-refractivity contribution in [2.24, 2.45) is 11.8 Å². The van der Waals surface area contributed by atoms with Crippen LogP contribution < -0.4 is 10.1 Å². The SMILES string of the molecule is CC(=O)O.COc1ccc([C@@H]2[C@H]3CNC[C@H]3CN2C(=O)CN2CCCCCC2=O)cc1. The normalized spacial score (nSPS) is 25.4. The molecule has 170 valence electrons. The van der Waals surface area contributed by atoms with Gasteiger partial charge in [-0.25, -0.2) is 0 Å². The third-order valence-corrected chi connectivity index (χ3v) is 6.34. The van der Waals surface area contributed by atoms with E-state index in [-0.39, 0.29) is 24.4 Å². The Labute approximate surface area is 183 Å². The Hall–Kier alpha value is -2.61. The van der Waals surface area contributed by atoms with Crippen LogP contribution in [-0.4, -0.2) is 72.5 Å². The summed E-state index contributed by atoms with van der Waals surface area (Å²) in [6, 6.07) is 8.15. The van der Waals surface area contributed by atoms with Gasteiger partial charge in [0.1, 0.15) is 5.75 Å². The van der Waals surface area contributed by atoms with E-state index in [1.807, 2.05) is 17.0 Å². The molecule has 0 radical (unpaired) electrons. The molecule has 1 aromatic carbocycles. The molecule has 8 heteroatoms. The molecule has 0 saturated carbocycles. The fraction of sp³-hybridized carbons (Fsp3) is 0.609. The zero-order valence-electron chi connectivity index (χ0n) is 18.4. The van der Waals surface area contributed by atoms with E-state index in [1.54, 1.807) is 12.0 Å². The number of likely N-dealkylation sites (tertiary alicyclic amines) is 2. The lowest BCUT2D eigenvalue weighted by Crippen LogP contribution is -2.43. The largest absolute Gasteiger partial charge is 0.497 e. The number of carbonyl (C=O) groups is 3. The maximum atomic E-state index is 13.2. The summed E-state index contributed by atoms with van der Waals surface area (Å²) in [4.78, 5) is 38.3. The van der Waals surface area contributed by atoms with Crippen LogP contribution in [0.25, 0.3) is 0 Å². The third kappa shape index (κ3) is 5.76. The maximum absolute atomic E-state index is 13.2. The summed E-state index contributed by atoms with van der Waals surface area (Å²) in [5.74, 6) is 1.12. The molecule has 1 aromatic rings. The molecule has 0 bridgehead atoms. The van der Waals surface area contributed by atoms with Crippen LogP contribution >= 0.6 is 0 Å². The van der Waals surface area contributed by atoms with Crippen molar-refractivity contribution >= 4 is 17.8 Å². The number of carboxylic acids is 1. The van der Waals surface area contributed by atoms with Crippen LogP contribution in [-0.2, 0) is 14.4 Å². The van der Waals surface area contributed by atoms with Crippen LogP contribution in [0.15, 0.2) is 24.3 Å². The van der Waals surface area contributed by atoms with Crippen LogP contribution in [0.5, 0.6) is 5.75 Å². The van der Waals surface area contributed by atoms with Gasteiger partial charge in [0, 0.05) is 45.4 Å². The number of nitrogens with zero attached hydrogens (tertiary/aromatic N) is 2. The number of nitrogens with one attached hydrogen (secondary N) is 1. The van der Waals surface area contributed by atoms with Crippen molar-refractivity contribution in [1.29, 1.82) is 0 Å². The van der Waals surface area contributed by atoms with Gasteiger partial charge in [0.2, 0.25) is 11.8 Å². The van der Waals surface area contributed by atoms with Crippen molar-refractivity contribution in [1.82, 2.24) is 15.1 Å². The van der Waals surface area contributed by atoms with E-state index in [0.29, 0.717) is 24.8 Å². The first-order chi connectivity index (χ1) is 14.9. The van der Waals surface area contributed by atoms with Gasteiger partial charge in [-0.15, -0.1) is 0 Å². The Bertz CT molecular complexity index is 778. The Morgan fingerprint density at radius 2 is 1.87 bits per heavy atom. The first-order valence-corrected chi connectivity index (χ1v) is 11.0. The van der Waals surface area contributed by atoms with E-state index in [0.717, 1.165) is 57.1 Å². The molecule has 3 heterocycles. The second kappa shape index (κ2) is 10.6. The zero-order chi connectivity index (χ0) is 22.4. The number of carboxylic acid groups (broad SMARTS) is 1. The van der Waals surface area contributed by atoms with Crippen molar-refractivity contribution in [2.75, 3.05) is 39.8 Å². The summed E-state index contributed by atoms with van der Waals surface area (Å²) in [6.45, 7) is 4.69. The molecule has 4 rings (SSSR count). The predicted molar refractivity (Wildman–Crippen MR) is 116 cm³/mol. The number of hydrogen-bond acceptors (Lipinski definition) is 5. The molecular formula is C23H33N3O5. The van der Waals surface area contributed by atoms with Gasteiger partial charge in [-0.05, 0) is 36.5 Å². The van der Waals surface area contributed by atoms with Gasteiger partial charge in [0.25, 0.3) is 5.97 Å². The quantitative estimate of drug-likeness (QED) is 0.756. The van der Waals surface area contributed by atoms with Crippen molar-refractivity contribution in [2.45, 2.75) is 38.6 Å². The average molecular weight is 432 g/mol. The average Bonchev–Trinajstić information content (AvgIpc) is 3.27. The molecule has 0 aromatic heterocycles. The molecular weight excluding hydrogens is 398 g/mol. The Kier molecular flexibility index (Phi) is 7.90. The molecule has 0 aliphatic carbocycles. The highest BCUT2D eigenvalue weighted by molar-refractivity contribution is 5.85. The van der Waals surface area contributed by atoms with E-state index in [2.05, 4.69) is 17.4 Å². The smallest absolute Gasteiger partial charge is 0.300 e. The Balaban J connectivity index is 0.000000628. The van der Waals surface area contributed by atoms with E-state index < -0.39 is 5.97 Å². The molecule has 3 atom stereocenters. The molecule has 2 amide bonds. The van der Waals surface area contributed by atoms with Crippen molar-refractivity contribution in [3.63, 3.8) is 0 Å². The molecule has 3 fully saturated rings. The van der Waals surface area contributed by atoms with E-state index in [9.17, 15) is 9.59 Å². The Morgan fingerprint density at radius 3 is 2.55 bits per heavy atom. The highest BCUT2D eigenvalue weighted by Gasteiger charge is 2.46. The number of ether oxygens (including phenoxy) is 1. The number of aliphatic carboxylic acids is 1. The van der Waals surface area contributed by atoms with Gasteiger partial charge >= 0.3 is 0 Å².